The molecule has 1 atom stereocenters. The Bertz CT molecular complexity index is 1020. The van der Waals surface area contributed by atoms with Crippen LogP contribution in [-0.4, -0.2) is 65.7 Å². The largest absolute Gasteiger partial charge is 0.497 e. The number of rotatable bonds is 8. The second-order valence-corrected chi connectivity index (χ2v) is 9.99. The molecule has 0 bridgehead atoms. The number of urea groups is 1. The van der Waals surface area contributed by atoms with Gasteiger partial charge in [-0.3, -0.25) is 14.5 Å². The van der Waals surface area contributed by atoms with Gasteiger partial charge in [0.2, 0.25) is 5.91 Å². The summed E-state index contributed by atoms with van der Waals surface area (Å²) in [7, 11) is 1.62. The molecule has 0 spiro atoms. The fourth-order valence-electron chi connectivity index (χ4n) is 4.69. The molecule has 0 aromatic heterocycles. The first-order valence-electron chi connectivity index (χ1n) is 11.6. The number of piperidine rings is 1. The number of nitrogens with zero attached hydrogens (tertiary/aromatic N) is 2. The molecular weight excluding hydrogens is 450 g/mol. The Morgan fingerprint density at radius 1 is 1.09 bits per heavy atom. The standard InChI is InChI=1S/C26H31N3O4S/c1-26(20-13-15-28(16-14-20)23(30)18-34-22-6-4-3-5-7-22)24(31)29(25(32)27-26)17-12-19-8-10-21(33-2)11-9-19/h3-11,20H,12-18H2,1-2H3,(H,27,32)/t26-/m1/s1. The molecule has 2 fully saturated rings. The number of likely N-dealkylation sites (tertiary alicyclic amines) is 1. The van der Waals surface area contributed by atoms with Gasteiger partial charge in [-0.2, -0.15) is 0 Å². The molecule has 2 aromatic carbocycles. The number of amides is 4. The van der Waals surface area contributed by atoms with Crippen LogP contribution in [0.2, 0.25) is 0 Å². The molecule has 2 saturated heterocycles. The fraction of sp³-hybridized carbons (Fsp3) is 0.423. The topological polar surface area (TPSA) is 79.0 Å². The van der Waals surface area contributed by atoms with Crippen molar-refractivity contribution in [3.63, 3.8) is 0 Å². The van der Waals surface area contributed by atoms with E-state index in [0.29, 0.717) is 44.6 Å². The fourth-order valence-corrected chi connectivity index (χ4v) is 5.51. The van der Waals surface area contributed by atoms with Crippen molar-refractivity contribution in [2.45, 2.75) is 36.6 Å². The van der Waals surface area contributed by atoms with E-state index in [4.69, 9.17) is 4.74 Å². The van der Waals surface area contributed by atoms with Crippen molar-refractivity contribution < 1.29 is 19.1 Å². The molecule has 0 radical (unpaired) electrons. The van der Waals surface area contributed by atoms with Crippen LogP contribution in [0.25, 0.3) is 0 Å². The molecule has 180 valence electrons. The van der Waals surface area contributed by atoms with Crippen LogP contribution in [-0.2, 0) is 16.0 Å². The van der Waals surface area contributed by atoms with Gasteiger partial charge < -0.3 is 15.0 Å². The van der Waals surface area contributed by atoms with Crippen molar-refractivity contribution in [3.05, 3.63) is 60.2 Å². The van der Waals surface area contributed by atoms with E-state index < -0.39 is 5.54 Å². The zero-order chi connectivity index (χ0) is 24.1. The van der Waals surface area contributed by atoms with E-state index in [9.17, 15) is 14.4 Å². The molecule has 0 aliphatic carbocycles. The number of hydrogen-bond acceptors (Lipinski definition) is 5. The van der Waals surface area contributed by atoms with E-state index >= 15 is 0 Å². The highest BCUT2D eigenvalue weighted by Crippen LogP contribution is 2.34. The lowest BCUT2D eigenvalue weighted by atomic mass is 9.79. The molecule has 1 N–H and O–H groups in total. The van der Waals surface area contributed by atoms with Crippen LogP contribution in [0.1, 0.15) is 25.3 Å². The first kappa shape index (κ1) is 24.1. The van der Waals surface area contributed by atoms with Crippen LogP contribution in [0.15, 0.2) is 59.5 Å². The summed E-state index contributed by atoms with van der Waals surface area (Å²) in [4.78, 5) is 42.9. The van der Waals surface area contributed by atoms with Crippen LogP contribution in [0.5, 0.6) is 5.75 Å². The molecule has 7 nitrogen and oxygen atoms in total. The van der Waals surface area contributed by atoms with Crippen molar-refractivity contribution in [1.82, 2.24) is 15.1 Å². The highest BCUT2D eigenvalue weighted by Gasteiger charge is 2.52. The van der Waals surface area contributed by atoms with Gasteiger partial charge in [0.05, 0.1) is 12.9 Å². The molecule has 4 amide bonds. The van der Waals surface area contributed by atoms with Gasteiger partial charge in [0.25, 0.3) is 5.91 Å². The van der Waals surface area contributed by atoms with Crippen molar-refractivity contribution in [2.75, 3.05) is 32.5 Å². The number of thioether (sulfide) groups is 1. The lowest BCUT2D eigenvalue weighted by Gasteiger charge is -2.39. The summed E-state index contributed by atoms with van der Waals surface area (Å²) >= 11 is 1.54. The number of nitrogens with one attached hydrogen (secondary N) is 1. The summed E-state index contributed by atoms with van der Waals surface area (Å²) in [6, 6.07) is 17.2. The Morgan fingerprint density at radius 2 is 1.76 bits per heavy atom. The third-order valence-corrected chi connectivity index (χ3v) is 7.85. The Hall–Kier alpha value is -3.00. The van der Waals surface area contributed by atoms with Crippen molar-refractivity contribution >= 4 is 29.6 Å². The van der Waals surface area contributed by atoms with E-state index in [1.807, 2.05) is 66.4 Å². The van der Waals surface area contributed by atoms with Gasteiger partial charge in [0.15, 0.2) is 0 Å². The van der Waals surface area contributed by atoms with Gasteiger partial charge >= 0.3 is 6.03 Å². The van der Waals surface area contributed by atoms with E-state index in [1.165, 1.54) is 16.7 Å². The number of carbonyl (C=O) groups is 3. The summed E-state index contributed by atoms with van der Waals surface area (Å²) in [5.74, 6) is 1.12. The summed E-state index contributed by atoms with van der Waals surface area (Å²) in [5.41, 5.74) is 0.112. The van der Waals surface area contributed by atoms with Crippen molar-refractivity contribution in [3.8, 4) is 5.75 Å². The minimum absolute atomic E-state index is 0.000706. The predicted molar refractivity (Wildman–Crippen MR) is 132 cm³/mol. The smallest absolute Gasteiger partial charge is 0.325 e. The molecule has 2 aromatic rings. The zero-order valence-corrected chi connectivity index (χ0v) is 20.5. The predicted octanol–water partition coefficient (Wildman–Crippen LogP) is 3.58. The quantitative estimate of drug-likeness (QED) is 0.461. The van der Waals surface area contributed by atoms with Crippen LogP contribution in [0, 0.1) is 5.92 Å². The Kier molecular flexibility index (Phi) is 7.46. The summed E-state index contributed by atoms with van der Waals surface area (Å²) in [5, 5.41) is 2.95. The Balaban J connectivity index is 1.29. The SMILES string of the molecule is COc1ccc(CCN2C(=O)N[C@](C)(C3CCN(C(=O)CSc4ccccc4)CC3)C2=O)cc1. The molecule has 0 unspecified atom stereocenters. The van der Waals surface area contributed by atoms with E-state index in [1.54, 1.807) is 7.11 Å². The second kappa shape index (κ2) is 10.5. The summed E-state index contributed by atoms with van der Waals surface area (Å²) < 4.78 is 5.18. The number of hydrogen-bond donors (Lipinski definition) is 1. The highest BCUT2D eigenvalue weighted by molar-refractivity contribution is 8.00. The van der Waals surface area contributed by atoms with Gasteiger partial charge in [-0.05, 0) is 61.9 Å². The average Bonchev–Trinajstić information content (AvgIpc) is 3.10. The molecule has 8 heteroatoms. The normalized spacial score (nSPS) is 21.0. The number of carbonyl (C=O) groups excluding carboxylic acids is 3. The molecule has 0 saturated carbocycles. The molecule has 2 aliphatic heterocycles. The molecule has 34 heavy (non-hydrogen) atoms. The zero-order valence-electron chi connectivity index (χ0n) is 19.7. The van der Waals surface area contributed by atoms with Gasteiger partial charge in [0, 0.05) is 24.5 Å². The Labute approximate surface area is 204 Å². The van der Waals surface area contributed by atoms with Crippen molar-refractivity contribution in [1.29, 1.82) is 0 Å². The van der Waals surface area contributed by atoms with Crippen molar-refractivity contribution in [2.24, 2.45) is 5.92 Å². The first-order valence-corrected chi connectivity index (χ1v) is 12.6. The minimum atomic E-state index is -0.926. The monoisotopic (exact) mass is 481 g/mol. The molecule has 4 rings (SSSR count). The lowest BCUT2D eigenvalue weighted by molar-refractivity contribution is -0.134. The summed E-state index contributed by atoms with van der Waals surface area (Å²) in [6.45, 7) is 3.36. The molecule has 2 heterocycles. The van der Waals surface area contributed by atoms with E-state index in [0.717, 1.165) is 16.2 Å². The van der Waals surface area contributed by atoms with Gasteiger partial charge in [0.1, 0.15) is 11.3 Å². The number of benzene rings is 2. The number of methoxy groups -OCH3 is 1. The first-order chi connectivity index (χ1) is 16.4. The summed E-state index contributed by atoms with van der Waals surface area (Å²) in [6.07, 6.45) is 1.97. The van der Waals surface area contributed by atoms with Crippen LogP contribution in [0.4, 0.5) is 4.79 Å². The molecular formula is C26H31N3O4S. The average molecular weight is 482 g/mol. The number of ether oxygens (including phenoxy) is 1. The van der Waals surface area contributed by atoms with Crippen LogP contribution < -0.4 is 10.1 Å². The minimum Gasteiger partial charge on any atom is -0.497 e. The van der Waals surface area contributed by atoms with E-state index in [2.05, 4.69) is 5.32 Å². The Morgan fingerprint density at radius 3 is 2.41 bits per heavy atom. The highest BCUT2D eigenvalue weighted by atomic mass is 32.2. The van der Waals surface area contributed by atoms with Gasteiger partial charge in [-0.25, -0.2) is 4.79 Å². The van der Waals surface area contributed by atoms with Gasteiger partial charge in [-0.15, -0.1) is 11.8 Å². The van der Waals surface area contributed by atoms with E-state index in [-0.39, 0.29) is 23.8 Å². The maximum Gasteiger partial charge on any atom is 0.325 e. The van der Waals surface area contributed by atoms with Crippen LogP contribution in [0.3, 0.4) is 0 Å². The maximum atomic E-state index is 13.3. The van der Waals surface area contributed by atoms with Crippen LogP contribution >= 0.6 is 11.8 Å². The third-order valence-electron chi connectivity index (χ3n) is 6.85. The number of imide groups is 1. The third kappa shape index (κ3) is 5.22. The lowest BCUT2D eigenvalue weighted by Crippen LogP contribution is -2.54. The molecule has 2 aliphatic rings. The second-order valence-electron chi connectivity index (χ2n) is 8.94. The van der Waals surface area contributed by atoms with Gasteiger partial charge in [-0.1, -0.05) is 30.3 Å². The maximum absolute atomic E-state index is 13.3.